The third-order valence-corrected chi connectivity index (χ3v) is 4.24. The van der Waals surface area contributed by atoms with Crippen molar-refractivity contribution in [1.82, 2.24) is 15.3 Å². The summed E-state index contributed by atoms with van der Waals surface area (Å²) in [6.07, 6.45) is -1.60. The van der Waals surface area contributed by atoms with E-state index in [4.69, 9.17) is 12.2 Å². The van der Waals surface area contributed by atoms with Gasteiger partial charge in [-0.15, -0.1) is 0 Å². The summed E-state index contributed by atoms with van der Waals surface area (Å²) in [5.41, 5.74) is -0.968. The second-order valence-electron chi connectivity index (χ2n) is 6.70. The van der Waals surface area contributed by atoms with Crippen molar-refractivity contribution in [3.63, 3.8) is 0 Å². The van der Waals surface area contributed by atoms with E-state index in [2.05, 4.69) is 20.6 Å². The van der Waals surface area contributed by atoms with Crippen LogP contribution in [0.5, 0.6) is 0 Å². The highest BCUT2D eigenvalue weighted by Crippen LogP contribution is 2.32. The summed E-state index contributed by atoms with van der Waals surface area (Å²) in [6, 6.07) is 1.15. The number of thiocarbonyl (C=S) groups is 1. The van der Waals surface area contributed by atoms with E-state index < -0.39 is 11.9 Å². The maximum atomic E-state index is 13.2. The fourth-order valence-corrected chi connectivity index (χ4v) is 2.84. The molecule has 1 fully saturated rings. The molecule has 2 heterocycles. The van der Waals surface area contributed by atoms with Gasteiger partial charge in [-0.05, 0) is 44.3 Å². The van der Waals surface area contributed by atoms with E-state index in [1.165, 1.54) is 0 Å². The predicted molar refractivity (Wildman–Crippen MR) is 96.8 cm³/mol. The highest BCUT2D eigenvalue weighted by Gasteiger charge is 2.35. The number of alkyl halides is 3. The highest BCUT2D eigenvalue weighted by molar-refractivity contribution is 7.80. The van der Waals surface area contributed by atoms with Gasteiger partial charge in [-0.25, -0.2) is 4.98 Å². The van der Waals surface area contributed by atoms with E-state index in [0.717, 1.165) is 25.3 Å². The smallest absolute Gasteiger partial charge is 0.362 e. The second kappa shape index (κ2) is 8.16. The molecule has 1 aliphatic rings. The van der Waals surface area contributed by atoms with E-state index in [0.29, 0.717) is 19.0 Å². The standard InChI is InChI=1S/C16H24F3N5S/c1-10(2)9-20-15(25)23-14-21-12(16(17,18)19)8-13(22-14)24-7-5-4-6-11(24)3/h8,10-11H,4-7,9H2,1-3H3,(H2,20,21,22,23,25)/t11-/m0/s1. The van der Waals surface area contributed by atoms with Crippen LogP contribution in [0.3, 0.4) is 0 Å². The van der Waals surface area contributed by atoms with E-state index in [1.807, 2.05) is 25.7 Å². The predicted octanol–water partition coefficient (Wildman–Crippen LogP) is 3.82. The molecule has 1 atom stereocenters. The number of hydrogen-bond donors (Lipinski definition) is 2. The van der Waals surface area contributed by atoms with Crippen LogP contribution in [0.15, 0.2) is 6.07 Å². The van der Waals surface area contributed by atoms with Gasteiger partial charge in [-0.3, -0.25) is 0 Å². The van der Waals surface area contributed by atoms with E-state index in [1.54, 1.807) is 0 Å². The fraction of sp³-hybridized carbons (Fsp3) is 0.688. The van der Waals surface area contributed by atoms with E-state index in [-0.39, 0.29) is 22.9 Å². The van der Waals surface area contributed by atoms with Crippen molar-refractivity contribution in [3.05, 3.63) is 11.8 Å². The molecular weight excluding hydrogens is 351 g/mol. The lowest BCUT2D eigenvalue weighted by Gasteiger charge is -2.34. The highest BCUT2D eigenvalue weighted by atomic mass is 32.1. The Bertz CT molecular complexity index is 606. The van der Waals surface area contributed by atoms with Crippen LogP contribution in [0.1, 0.15) is 45.7 Å². The molecule has 0 radical (unpaired) electrons. The monoisotopic (exact) mass is 375 g/mol. The van der Waals surface area contributed by atoms with Crippen LogP contribution in [0.2, 0.25) is 0 Å². The zero-order valence-corrected chi connectivity index (χ0v) is 15.5. The maximum Gasteiger partial charge on any atom is 0.433 e. The Balaban J connectivity index is 2.26. The Hall–Kier alpha value is -1.64. The number of halogens is 3. The molecule has 0 aliphatic carbocycles. The third kappa shape index (κ3) is 5.69. The fourth-order valence-electron chi connectivity index (χ4n) is 2.66. The quantitative estimate of drug-likeness (QED) is 0.781. The minimum atomic E-state index is -4.54. The molecule has 5 nitrogen and oxygen atoms in total. The minimum Gasteiger partial charge on any atom is -0.362 e. The zero-order valence-electron chi connectivity index (χ0n) is 14.7. The van der Waals surface area contributed by atoms with Crippen molar-refractivity contribution in [2.75, 3.05) is 23.3 Å². The second-order valence-corrected chi connectivity index (χ2v) is 7.11. The molecule has 1 aromatic rings. The Kier molecular flexibility index (Phi) is 6.42. The molecule has 1 saturated heterocycles. The maximum absolute atomic E-state index is 13.2. The summed E-state index contributed by atoms with van der Waals surface area (Å²) in [4.78, 5) is 9.75. The summed E-state index contributed by atoms with van der Waals surface area (Å²) in [6.45, 7) is 7.31. The number of nitrogens with zero attached hydrogens (tertiary/aromatic N) is 3. The molecule has 140 valence electrons. The van der Waals surface area contributed by atoms with Gasteiger partial charge in [0.05, 0.1) is 0 Å². The van der Waals surface area contributed by atoms with E-state index in [9.17, 15) is 13.2 Å². The lowest BCUT2D eigenvalue weighted by molar-refractivity contribution is -0.141. The first-order valence-electron chi connectivity index (χ1n) is 8.44. The van der Waals surface area contributed by atoms with Crippen molar-refractivity contribution >= 4 is 29.1 Å². The summed E-state index contributed by atoms with van der Waals surface area (Å²) in [5, 5.41) is 5.83. The number of anilines is 2. The Morgan fingerprint density at radius 2 is 2.08 bits per heavy atom. The van der Waals surface area contributed by atoms with Crippen LogP contribution in [0, 0.1) is 5.92 Å². The molecule has 2 rings (SSSR count). The summed E-state index contributed by atoms with van der Waals surface area (Å²) >= 11 is 5.12. The first-order valence-corrected chi connectivity index (χ1v) is 8.85. The van der Waals surface area contributed by atoms with Crippen molar-refractivity contribution in [3.8, 4) is 0 Å². The van der Waals surface area contributed by atoms with Gasteiger partial charge < -0.3 is 15.5 Å². The average molecular weight is 375 g/mol. The van der Waals surface area contributed by atoms with E-state index >= 15 is 0 Å². The van der Waals surface area contributed by atoms with Crippen LogP contribution < -0.4 is 15.5 Å². The zero-order chi connectivity index (χ0) is 18.6. The molecule has 0 amide bonds. The molecule has 0 unspecified atom stereocenters. The SMILES string of the molecule is CC(C)CNC(=S)Nc1nc(N2CCCC[C@@H]2C)cc(C(F)(F)F)n1. The van der Waals surface area contributed by atoms with Gasteiger partial charge >= 0.3 is 6.18 Å². The first-order chi connectivity index (χ1) is 11.7. The summed E-state index contributed by atoms with van der Waals surface area (Å²) < 4.78 is 39.7. The lowest BCUT2D eigenvalue weighted by Crippen LogP contribution is -2.38. The van der Waals surface area contributed by atoms with Crippen LogP contribution in [0.25, 0.3) is 0 Å². The topological polar surface area (TPSA) is 53.1 Å². The van der Waals surface area contributed by atoms with Crippen molar-refractivity contribution < 1.29 is 13.2 Å². The largest absolute Gasteiger partial charge is 0.433 e. The van der Waals surface area contributed by atoms with Gasteiger partial charge in [0, 0.05) is 25.2 Å². The van der Waals surface area contributed by atoms with Gasteiger partial charge in [-0.1, -0.05) is 13.8 Å². The molecule has 1 aliphatic heterocycles. The van der Waals surface area contributed by atoms with Gasteiger partial charge in [0.25, 0.3) is 0 Å². The molecule has 9 heteroatoms. The van der Waals surface area contributed by atoms with Crippen molar-refractivity contribution in [2.24, 2.45) is 5.92 Å². The average Bonchev–Trinajstić information content (AvgIpc) is 2.52. The number of nitrogens with one attached hydrogen (secondary N) is 2. The molecule has 0 bridgehead atoms. The first kappa shape index (κ1) is 19.7. The third-order valence-electron chi connectivity index (χ3n) is 4.00. The van der Waals surface area contributed by atoms with Crippen LogP contribution >= 0.6 is 12.2 Å². The Morgan fingerprint density at radius 1 is 1.36 bits per heavy atom. The van der Waals surface area contributed by atoms with Gasteiger partial charge in [0.1, 0.15) is 5.82 Å². The Labute approximate surface area is 151 Å². The number of aromatic nitrogens is 2. The van der Waals surface area contributed by atoms with Gasteiger partial charge in [0.2, 0.25) is 5.95 Å². The number of piperidine rings is 1. The molecular formula is C16H24F3N5S. The molecule has 25 heavy (non-hydrogen) atoms. The minimum absolute atomic E-state index is 0.135. The van der Waals surface area contributed by atoms with Crippen molar-refractivity contribution in [2.45, 2.75) is 52.3 Å². The normalized spacial score (nSPS) is 18.4. The lowest BCUT2D eigenvalue weighted by atomic mass is 10.0. The van der Waals surface area contributed by atoms with Gasteiger partial charge in [0.15, 0.2) is 10.8 Å². The molecule has 1 aromatic heterocycles. The van der Waals surface area contributed by atoms with Crippen molar-refractivity contribution in [1.29, 1.82) is 0 Å². The summed E-state index contributed by atoms with van der Waals surface area (Å²) in [7, 11) is 0. The van der Waals surface area contributed by atoms with Gasteiger partial charge in [-0.2, -0.15) is 18.2 Å². The number of hydrogen-bond acceptors (Lipinski definition) is 4. The molecule has 0 aromatic carbocycles. The Morgan fingerprint density at radius 3 is 2.68 bits per heavy atom. The summed E-state index contributed by atoms with van der Waals surface area (Å²) in [5.74, 6) is 0.500. The molecule has 2 N–H and O–H groups in total. The van der Waals surface area contributed by atoms with Crippen LogP contribution in [-0.4, -0.2) is 34.2 Å². The van der Waals surface area contributed by atoms with Crippen LogP contribution in [-0.2, 0) is 6.18 Å². The molecule has 0 saturated carbocycles. The van der Waals surface area contributed by atoms with Crippen LogP contribution in [0.4, 0.5) is 24.9 Å². The number of rotatable bonds is 4. The molecule has 0 spiro atoms.